The summed E-state index contributed by atoms with van der Waals surface area (Å²) in [6.07, 6.45) is 1.31. The van der Waals surface area contributed by atoms with Crippen molar-refractivity contribution in [2.75, 3.05) is 52.1 Å². The van der Waals surface area contributed by atoms with Crippen molar-refractivity contribution in [2.45, 2.75) is 0 Å². The Bertz CT molecular complexity index is 1580. The number of fused-ring (bicyclic) bond motifs is 1. The molecule has 0 bridgehead atoms. The fourth-order valence-corrected chi connectivity index (χ4v) is 5.18. The van der Waals surface area contributed by atoms with Gasteiger partial charge in [-0.05, 0) is 31.3 Å². The highest BCUT2D eigenvalue weighted by Crippen LogP contribution is 2.29. The van der Waals surface area contributed by atoms with E-state index >= 15 is 8.78 Å². The molecule has 1 aliphatic rings. The van der Waals surface area contributed by atoms with Crippen molar-refractivity contribution in [3.05, 3.63) is 92.7 Å². The first-order chi connectivity index (χ1) is 19.1. The summed E-state index contributed by atoms with van der Waals surface area (Å²) in [5.41, 5.74) is 5.27. The van der Waals surface area contributed by atoms with E-state index in [2.05, 4.69) is 21.8 Å². The van der Waals surface area contributed by atoms with Crippen LogP contribution >= 0.6 is 23.2 Å². The van der Waals surface area contributed by atoms with E-state index in [1.165, 1.54) is 34.9 Å². The Kier molecular flexibility index (Phi) is 8.04. The van der Waals surface area contributed by atoms with Gasteiger partial charge in [-0.3, -0.25) is 18.9 Å². The van der Waals surface area contributed by atoms with Gasteiger partial charge in [0.2, 0.25) is 5.78 Å². The lowest BCUT2D eigenvalue weighted by molar-refractivity contribution is 0.101. The number of ether oxygens (including phenoxy) is 1. The number of nitrogens with zero attached hydrogens (tertiary/aromatic N) is 4. The Morgan fingerprint density at radius 2 is 1.62 bits per heavy atom. The van der Waals surface area contributed by atoms with Crippen LogP contribution in [0.4, 0.5) is 14.6 Å². The molecule has 0 atom stereocenters. The fourth-order valence-electron chi connectivity index (χ4n) is 4.61. The third-order valence-electron chi connectivity index (χ3n) is 6.83. The van der Waals surface area contributed by atoms with E-state index in [4.69, 9.17) is 33.7 Å². The highest BCUT2D eigenvalue weighted by atomic mass is 35.5. The van der Waals surface area contributed by atoms with Crippen molar-refractivity contribution in [1.82, 2.24) is 19.2 Å². The molecule has 0 saturated carbocycles. The van der Waals surface area contributed by atoms with Gasteiger partial charge in [0.25, 0.3) is 0 Å². The van der Waals surface area contributed by atoms with Gasteiger partial charge in [-0.2, -0.15) is 0 Å². The first-order valence-corrected chi connectivity index (χ1v) is 13.2. The summed E-state index contributed by atoms with van der Waals surface area (Å²) in [5.74, 6) is -4.05. The molecule has 1 fully saturated rings. The third kappa shape index (κ3) is 5.53. The maximum atomic E-state index is 15.1. The lowest BCUT2D eigenvalue weighted by Gasteiger charge is -2.32. The molecule has 0 aliphatic carbocycles. The molecule has 40 heavy (non-hydrogen) atoms. The average molecular weight is 588 g/mol. The van der Waals surface area contributed by atoms with Crippen molar-refractivity contribution in [3.63, 3.8) is 0 Å². The van der Waals surface area contributed by atoms with E-state index in [1.807, 2.05) is 0 Å². The molecule has 2 N–H and O–H groups in total. The minimum Gasteiger partial charge on any atom is -0.492 e. The normalized spacial score (nSPS) is 14.5. The molecule has 0 spiro atoms. The van der Waals surface area contributed by atoms with Crippen LogP contribution in [0.25, 0.3) is 5.65 Å². The van der Waals surface area contributed by atoms with Crippen LogP contribution in [0.5, 0.6) is 5.75 Å². The van der Waals surface area contributed by atoms with Crippen molar-refractivity contribution < 1.29 is 23.1 Å². The van der Waals surface area contributed by atoms with Crippen LogP contribution in [0.1, 0.15) is 32.0 Å². The molecule has 208 valence electrons. The molecule has 1 saturated heterocycles. The van der Waals surface area contributed by atoms with Gasteiger partial charge in [0.05, 0.1) is 21.2 Å². The number of carbonyl (C=O) groups excluding carboxylic acids is 2. The van der Waals surface area contributed by atoms with Gasteiger partial charge >= 0.3 is 0 Å². The average Bonchev–Trinajstić information content (AvgIpc) is 3.24. The number of rotatable bonds is 8. The highest BCUT2D eigenvalue weighted by molar-refractivity contribution is 6.41. The number of benzene rings is 2. The second-order valence-corrected chi connectivity index (χ2v) is 10.3. The van der Waals surface area contributed by atoms with Crippen LogP contribution in [0.3, 0.4) is 0 Å². The quantitative estimate of drug-likeness (QED) is 0.301. The number of nitrogens with two attached hydrogens (primary N) is 1. The molecule has 2 aromatic carbocycles. The first-order valence-electron chi connectivity index (χ1n) is 12.5. The smallest absolute Gasteiger partial charge is 0.219 e. The molecular weight excluding hydrogens is 563 g/mol. The van der Waals surface area contributed by atoms with Crippen LogP contribution in [-0.2, 0) is 0 Å². The number of imidazole rings is 1. The predicted molar refractivity (Wildman–Crippen MR) is 149 cm³/mol. The van der Waals surface area contributed by atoms with Crippen molar-refractivity contribution in [3.8, 4) is 5.75 Å². The number of nitrogen functional groups attached to an aromatic ring is 1. The van der Waals surface area contributed by atoms with E-state index in [0.717, 1.165) is 38.3 Å². The molecule has 0 unspecified atom stereocenters. The Hall–Kier alpha value is -3.57. The molecule has 1 aliphatic heterocycles. The van der Waals surface area contributed by atoms with E-state index in [1.54, 1.807) is 6.07 Å². The molecule has 5 rings (SSSR count). The highest BCUT2D eigenvalue weighted by Gasteiger charge is 2.27. The lowest BCUT2D eigenvalue weighted by Crippen LogP contribution is -2.45. The van der Waals surface area contributed by atoms with Crippen LogP contribution in [0.15, 0.2) is 48.7 Å². The number of anilines is 1. The summed E-state index contributed by atoms with van der Waals surface area (Å²) in [7, 11) is 2.05. The van der Waals surface area contributed by atoms with Crippen LogP contribution < -0.4 is 10.5 Å². The molecular formula is C28H25Cl2F2N5O3. The number of carbonyl (C=O) groups is 2. The van der Waals surface area contributed by atoms with Gasteiger partial charge in [0.1, 0.15) is 35.3 Å². The molecule has 3 heterocycles. The van der Waals surface area contributed by atoms with Crippen molar-refractivity contribution >= 4 is 46.2 Å². The minimum atomic E-state index is -1.11. The Labute approximate surface area is 238 Å². The molecule has 0 amide bonds. The van der Waals surface area contributed by atoms with E-state index < -0.39 is 28.8 Å². The number of hydrogen-bond donors (Lipinski definition) is 1. The zero-order valence-electron chi connectivity index (χ0n) is 21.5. The van der Waals surface area contributed by atoms with Crippen LogP contribution in [-0.4, -0.2) is 77.1 Å². The molecule has 2 aromatic heterocycles. The molecule has 0 radical (unpaired) electrons. The zero-order valence-corrected chi connectivity index (χ0v) is 23.0. The third-order valence-corrected chi connectivity index (χ3v) is 7.46. The van der Waals surface area contributed by atoms with Gasteiger partial charge in [0.15, 0.2) is 11.6 Å². The summed E-state index contributed by atoms with van der Waals surface area (Å²) in [6, 6.07) is 9.50. The van der Waals surface area contributed by atoms with E-state index in [0.29, 0.717) is 6.54 Å². The monoisotopic (exact) mass is 587 g/mol. The number of piperazine rings is 1. The maximum Gasteiger partial charge on any atom is 0.219 e. The minimum absolute atomic E-state index is 0.0312. The Morgan fingerprint density at radius 1 is 0.975 bits per heavy atom. The Balaban J connectivity index is 1.40. The summed E-state index contributed by atoms with van der Waals surface area (Å²) in [5, 5.41) is 0.294. The van der Waals surface area contributed by atoms with Gasteiger partial charge < -0.3 is 15.4 Å². The standard InChI is InChI=1S/C28H25Cl2F2N5O3/c1-35-7-9-36(10-8-35)11-12-40-17-13-20(31)24(21(32)14-17)27(39)25-28(33)34-22-6-5-16(15-37(22)25)26(38)23-18(29)3-2-4-19(23)30/h2-6,13-15H,7-12,33H2,1H3. The van der Waals surface area contributed by atoms with Crippen LogP contribution in [0.2, 0.25) is 10.0 Å². The number of pyridine rings is 1. The van der Waals surface area contributed by atoms with E-state index in [-0.39, 0.29) is 50.7 Å². The predicted octanol–water partition coefficient (Wildman–Crippen LogP) is 4.59. The summed E-state index contributed by atoms with van der Waals surface area (Å²) in [4.78, 5) is 35.1. The summed E-state index contributed by atoms with van der Waals surface area (Å²) >= 11 is 12.4. The lowest BCUT2D eigenvalue weighted by atomic mass is 10.0. The number of aromatic nitrogens is 2. The Morgan fingerprint density at radius 3 is 2.27 bits per heavy atom. The second-order valence-electron chi connectivity index (χ2n) is 9.50. The van der Waals surface area contributed by atoms with Gasteiger partial charge in [-0.1, -0.05) is 29.3 Å². The molecule has 4 aromatic rings. The number of ketones is 2. The number of halogens is 4. The van der Waals surface area contributed by atoms with Crippen molar-refractivity contribution in [1.29, 1.82) is 0 Å². The maximum absolute atomic E-state index is 15.1. The summed E-state index contributed by atoms with van der Waals surface area (Å²) < 4.78 is 37.0. The molecule has 8 nitrogen and oxygen atoms in total. The van der Waals surface area contributed by atoms with Crippen LogP contribution in [0, 0.1) is 11.6 Å². The van der Waals surface area contributed by atoms with Gasteiger partial charge in [-0.25, -0.2) is 13.8 Å². The number of hydrogen-bond acceptors (Lipinski definition) is 7. The van der Waals surface area contributed by atoms with Gasteiger partial charge in [-0.15, -0.1) is 0 Å². The fraction of sp³-hybridized carbons (Fsp3) is 0.250. The largest absolute Gasteiger partial charge is 0.492 e. The topological polar surface area (TPSA) is 93.2 Å². The second kappa shape index (κ2) is 11.5. The first kappa shape index (κ1) is 28.0. The molecule has 12 heteroatoms. The van der Waals surface area contributed by atoms with Crippen molar-refractivity contribution in [2.24, 2.45) is 0 Å². The SMILES string of the molecule is CN1CCN(CCOc2cc(F)c(C(=O)c3c(N)nc4ccc(C(=O)c5c(Cl)cccc5Cl)cn34)c(F)c2)CC1. The number of likely N-dealkylation sites (N-methyl/N-ethyl adjacent to an activating group) is 1. The van der Waals surface area contributed by atoms with Gasteiger partial charge in [0, 0.05) is 56.6 Å². The summed E-state index contributed by atoms with van der Waals surface area (Å²) in [6.45, 7) is 4.50. The van der Waals surface area contributed by atoms with E-state index in [9.17, 15) is 9.59 Å². The zero-order chi connectivity index (χ0) is 28.6.